The molecule has 2 heterocycles. The summed E-state index contributed by atoms with van der Waals surface area (Å²) in [6.45, 7) is 7.39. The van der Waals surface area contributed by atoms with E-state index in [1.807, 2.05) is 105 Å². The van der Waals surface area contributed by atoms with E-state index in [2.05, 4.69) is 10.2 Å². The van der Waals surface area contributed by atoms with Crippen molar-refractivity contribution in [1.29, 1.82) is 0 Å². The highest BCUT2D eigenvalue weighted by atomic mass is 16.2. The zero-order valence-electron chi connectivity index (χ0n) is 23.6. The Morgan fingerprint density at radius 3 is 2.17 bits per heavy atom. The molecule has 208 valence electrons. The fraction of sp³-hybridized carbons (Fsp3) is 0.364. The summed E-state index contributed by atoms with van der Waals surface area (Å²) in [6.07, 6.45) is 1.77. The van der Waals surface area contributed by atoms with Gasteiger partial charge in [-0.1, -0.05) is 61.5 Å². The average molecular weight is 539 g/mol. The van der Waals surface area contributed by atoms with Crippen LogP contribution in [0.2, 0.25) is 0 Å². The van der Waals surface area contributed by atoms with E-state index in [4.69, 9.17) is 0 Å². The van der Waals surface area contributed by atoms with Crippen molar-refractivity contribution < 1.29 is 14.4 Å². The largest absolute Gasteiger partial charge is 0.342 e. The lowest BCUT2D eigenvalue weighted by molar-refractivity contribution is -0.140. The highest BCUT2D eigenvalue weighted by Gasteiger charge is 2.54. The van der Waals surface area contributed by atoms with Crippen LogP contribution in [0.1, 0.15) is 48.8 Å². The Balaban J connectivity index is 1.33. The van der Waals surface area contributed by atoms with E-state index in [0.717, 1.165) is 34.5 Å². The summed E-state index contributed by atoms with van der Waals surface area (Å²) in [5, 5.41) is 2.96. The van der Waals surface area contributed by atoms with Gasteiger partial charge >= 0.3 is 0 Å². The summed E-state index contributed by atoms with van der Waals surface area (Å²) >= 11 is 0. The van der Waals surface area contributed by atoms with Crippen LogP contribution in [0.4, 0.5) is 11.4 Å². The zero-order chi connectivity index (χ0) is 28.3. The van der Waals surface area contributed by atoms with E-state index in [9.17, 15) is 14.4 Å². The molecule has 5 rings (SSSR count). The van der Waals surface area contributed by atoms with Gasteiger partial charge < -0.3 is 20.0 Å². The van der Waals surface area contributed by atoms with Crippen LogP contribution in [0.5, 0.6) is 0 Å². The van der Waals surface area contributed by atoms with Gasteiger partial charge in [0.2, 0.25) is 11.8 Å². The minimum atomic E-state index is -0.784. The lowest BCUT2D eigenvalue weighted by atomic mass is 9.84. The van der Waals surface area contributed by atoms with E-state index >= 15 is 0 Å². The topological polar surface area (TPSA) is 73.0 Å². The Bertz CT molecular complexity index is 1370. The van der Waals surface area contributed by atoms with E-state index < -0.39 is 5.54 Å². The lowest BCUT2D eigenvalue weighted by Crippen LogP contribution is -2.57. The molecule has 1 spiro atoms. The van der Waals surface area contributed by atoms with Gasteiger partial charge in [-0.3, -0.25) is 14.4 Å². The Hall–Kier alpha value is -4.13. The number of para-hydroxylation sites is 1. The molecule has 2 saturated heterocycles. The van der Waals surface area contributed by atoms with Crippen molar-refractivity contribution in [1.82, 2.24) is 9.80 Å². The van der Waals surface area contributed by atoms with Crippen molar-refractivity contribution in [2.24, 2.45) is 0 Å². The van der Waals surface area contributed by atoms with Crippen molar-refractivity contribution in [2.45, 2.75) is 51.5 Å². The number of nitrogens with one attached hydrogen (secondary N) is 1. The highest BCUT2D eigenvalue weighted by molar-refractivity contribution is 5.99. The van der Waals surface area contributed by atoms with Crippen LogP contribution >= 0.6 is 0 Å². The Morgan fingerprint density at radius 1 is 0.900 bits per heavy atom. The van der Waals surface area contributed by atoms with Gasteiger partial charge in [0.25, 0.3) is 5.91 Å². The summed E-state index contributed by atoms with van der Waals surface area (Å²) in [5.41, 5.74) is 4.18. The van der Waals surface area contributed by atoms with Crippen molar-refractivity contribution in [3.05, 3.63) is 95.6 Å². The Labute approximate surface area is 236 Å². The van der Waals surface area contributed by atoms with Crippen LogP contribution in [0.25, 0.3) is 0 Å². The van der Waals surface area contributed by atoms with Gasteiger partial charge in [-0.05, 0) is 74.1 Å². The standard InChI is InChI=1S/C33H38N4O3/c1-4-29(26-11-7-5-8-12-26)31(39)35-19-17-33(18-20-35)32(40)36(23-37(33)28-13-9-6-10-14-28)22-30(38)34-27-16-15-24(2)25(3)21-27/h5-16,21,29H,4,17-20,22-23H2,1-3H3,(H,34,38). The SMILES string of the molecule is CCC(C(=O)N1CCC2(CC1)C(=O)N(CC(=O)Nc1ccc(C)c(C)c1)CN2c1ccccc1)c1ccccc1. The van der Waals surface area contributed by atoms with Gasteiger partial charge in [-0.25, -0.2) is 0 Å². The van der Waals surface area contributed by atoms with Gasteiger partial charge in [0.05, 0.1) is 12.6 Å². The van der Waals surface area contributed by atoms with Crippen molar-refractivity contribution >= 4 is 29.1 Å². The smallest absolute Gasteiger partial charge is 0.250 e. The van der Waals surface area contributed by atoms with E-state index in [-0.39, 0.29) is 30.2 Å². The van der Waals surface area contributed by atoms with Gasteiger partial charge in [-0.15, -0.1) is 0 Å². The summed E-state index contributed by atoms with van der Waals surface area (Å²) in [7, 11) is 0. The Kier molecular flexibility index (Phi) is 7.92. The fourth-order valence-corrected chi connectivity index (χ4v) is 6.07. The molecule has 2 fully saturated rings. The highest BCUT2D eigenvalue weighted by Crippen LogP contribution is 2.40. The van der Waals surface area contributed by atoms with Gasteiger partial charge in [0, 0.05) is 24.5 Å². The number of carbonyl (C=O) groups is 3. The van der Waals surface area contributed by atoms with Crippen molar-refractivity contribution in [3.63, 3.8) is 0 Å². The van der Waals surface area contributed by atoms with E-state index in [1.54, 1.807) is 4.90 Å². The van der Waals surface area contributed by atoms with Crippen LogP contribution in [-0.2, 0) is 14.4 Å². The molecule has 3 aromatic rings. The van der Waals surface area contributed by atoms with Gasteiger partial charge in [0.15, 0.2) is 0 Å². The number of nitrogens with zero attached hydrogens (tertiary/aromatic N) is 3. The molecule has 0 bridgehead atoms. The van der Waals surface area contributed by atoms with Crippen LogP contribution in [0.15, 0.2) is 78.9 Å². The van der Waals surface area contributed by atoms with Gasteiger partial charge in [0.1, 0.15) is 12.1 Å². The maximum atomic E-state index is 14.0. The normalized spacial score (nSPS) is 17.3. The molecule has 2 aliphatic rings. The first-order valence-electron chi connectivity index (χ1n) is 14.2. The third kappa shape index (κ3) is 5.33. The molecular formula is C33H38N4O3. The quantitative estimate of drug-likeness (QED) is 0.454. The first kappa shape index (κ1) is 27.4. The molecule has 0 saturated carbocycles. The predicted molar refractivity (Wildman–Crippen MR) is 158 cm³/mol. The second-order valence-electron chi connectivity index (χ2n) is 11.0. The zero-order valence-corrected chi connectivity index (χ0v) is 23.6. The molecule has 1 atom stereocenters. The number of amides is 3. The Morgan fingerprint density at radius 2 is 1.55 bits per heavy atom. The second kappa shape index (κ2) is 11.5. The second-order valence-corrected chi connectivity index (χ2v) is 11.0. The molecule has 3 aromatic carbocycles. The number of aryl methyl sites for hydroxylation is 2. The minimum Gasteiger partial charge on any atom is -0.342 e. The minimum absolute atomic E-state index is 0.0224. The number of carbonyl (C=O) groups excluding carboxylic acids is 3. The molecule has 40 heavy (non-hydrogen) atoms. The van der Waals surface area contributed by atoms with E-state index in [1.165, 1.54) is 0 Å². The molecule has 7 heteroatoms. The fourth-order valence-electron chi connectivity index (χ4n) is 6.07. The number of benzene rings is 3. The summed E-state index contributed by atoms with van der Waals surface area (Å²) in [4.78, 5) is 46.3. The molecule has 0 aromatic heterocycles. The summed E-state index contributed by atoms with van der Waals surface area (Å²) < 4.78 is 0. The number of hydrogen-bond donors (Lipinski definition) is 1. The molecule has 1 unspecified atom stereocenters. The predicted octanol–water partition coefficient (Wildman–Crippen LogP) is 5.10. The van der Waals surface area contributed by atoms with Crippen molar-refractivity contribution in [2.75, 3.05) is 36.5 Å². The lowest BCUT2D eigenvalue weighted by Gasteiger charge is -2.44. The van der Waals surface area contributed by atoms with Gasteiger partial charge in [-0.2, -0.15) is 0 Å². The molecule has 3 amide bonds. The number of hydrogen-bond acceptors (Lipinski definition) is 4. The molecule has 0 aliphatic carbocycles. The maximum Gasteiger partial charge on any atom is 0.250 e. The number of rotatable bonds is 7. The number of likely N-dealkylation sites (tertiary alicyclic amines) is 1. The molecule has 2 aliphatic heterocycles. The van der Waals surface area contributed by atoms with Crippen LogP contribution in [-0.4, -0.2) is 59.4 Å². The summed E-state index contributed by atoms with van der Waals surface area (Å²) in [5.74, 6) is -0.341. The summed E-state index contributed by atoms with van der Waals surface area (Å²) in [6, 6.07) is 25.6. The van der Waals surface area contributed by atoms with Crippen molar-refractivity contribution in [3.8, 4) is 0 Å². The monoisotopic (exact) mass is 538 g/mol. The third-order valence-corrected chi connectivity index (χ3v) is 8.52. The van der Waals surface area contributed by atoms with E-state index in [0.29, 0.717) is 32.6 Å². The molecule has 1 N–H and O–H groups in total. The average Bonchev–Trinajstić information content (AvgIpc) is 3.22. The van der Waals surface area contributed by atoms with Crippen LogP contribution in [0.3, 0.4) is 0 Å². The number of anilines is 2. The first-order valence-corrected chi connectivity index (χ1v) is 14.2. The van der Waals surface area contributed by atoms with Crippen LogP contribution < -0.4 is 10.2 Å². The third-order valence-electron chi connectivity index (χ3n) is 8.52. The van der Waals surface area contributed by atoms with Crippen LogP contribution in [0, 0.1) is 13.8 Å². The maximum absolute atomic E-state index is 14.0. The molecule has 0 radical (unpaired) electrons. The number of piperidine rings is 1. The molecule has 7 nitrogen and oxygen atoms in total. The first-order chi connectivity index (χ1) is 19.3. The molecular weight excluding hydrogens is 500 g/mol.